The van der Waals surface area contributed by atoms with Crippen LogP contribution in [-0.2, 0) is 22.3 Å². The van der Waals surface area contributed by atoms with Gasteiger partial charge in [-0.05, 0) is 34.1 Å². The molecule has 0 amide bonds. The van der Waals surface area contributed by atoms with Crippen LogP contribution >= 0.6 is 0 Å². The van der Waals surface area contributed by atoms with Crippen LogP contribution in [0.25, 0.3) is 11.3 Å². The average molecular weight is 366 g/mol. The van der Waals surface area contributed by atoms with Crippen molar-refractivity contribution in [3.8, 4) is 23.6 Å². The molecule has 1 fully saturated rings. The monoisotopic (exact) mass is 366 g/mol. The summed E-state index contributed by atoms with van der Waals surface area (Å²) >= 11 is 0. The molecule has 0 radical (unpaired) electrons. The number of nitrogens with zero attached hydrogens (tertiary/aromatic N) is 2. The summed E-state index contributed by atoms with van der Waals surface area (Å²) in [4.78, 5) is 0. The van der Waals surface area contributed by atoms with Gasteiger partial charge in [0.25, 0.3) is 0 Å². The Morgan fingerprint density at radius 3 is 2.44 bits per heavy atom. The van der Waals surface area contributed by atoms with Gasteiger partial charge in [0.05, 0.1) is 16.9 Å². The maximum Gasteiger partial charge on any atom is 0.524 e. The molecule has 1 aromatic carbocycles. The lowest BCUT2D eigenvalue weighted by atomic mass is 9.87. The van der Waals surface area contributed by atoms with Gasteiger partial charge < -0.3 is 9.31 Å². The predicted molar refractivity (Wildman–Crippen MR) is 105 cm³/mol. The van der Waals surface area contributed by atoms with Crippen LogP contribution in [0, 0.1) is 12.3 Å². The second-order valence-electron chi connectivity index (χ2n) is 7.65. The summed E-state index contributed by atoms with van der Waals surface area (Å²) in [5.41, 5.74) is 1.07. The van der Waals surface area contributed by atoms with E-state index in [1.54, 1.807) is 4.68 Å². The van der Waals surface area contributed by atoms with Crippen molar-refractivity contribution < 1.29 is 13.7 Å². The van der Waals surface area contributed by atoms with Crippen molar-refractivity contribution in [3.05, 3.63) is 53.9 Å². The molecule has 27 heavy (non-hydrogen) atoms. The minimum atomic E-state index is -0.990. The summed E-state index contributed by atoms with van der Waals surface area (Å²) < 4.78 is 27.9. The third kappa shape index (κ3) is 4.00. The number of hydrogen-bond donors (Lipinski definition) is 0. The van der Waals surface area contributed by atoms with Crippen LogP contribution in [0.3, 0.4) is 0 Å². The lowest BCUT2D eigenvalue weighted by Gasteiger charge is -2.32. The van der Waals surface area contributed by atoms with Crippen LogP contribution in [0.4, 0.5) is 4.39 Å². The predicted octanol–water partition coefficient (Wildman–Crippen LogP) is 4.21. The molecule has 0 atom stereocenters. The van der Waals surface area contributed by atoms with Crippen LogP contribution in [-0.4, -0.2) is 28.1 Å². The van der Waals surface area contributed by atoms with Crippen molar-refractivity contribution in [1.82, 2.24) is 9.78 Å². The molecule has 0 unspecified atom stereocenters. The minimum Gasteiger partial charge on any atom is -0.398 e. The molecule has 0 aliphatic carbocycles. The maximum atomic E-state index is 14.7. The highest BCUT2D eigenvalue weighted by Crippen LogP contribution is 2.38. The molecule has 140 valence electrons. The highest BCUT2D eigenvalue weighted by Gasteiger charge is 2.52. The fourth-order valence-electron chi connectivity index (χ4n) is 2.88. The van der Waals surface area contributed by atoms with Crippen LogP contribution in [0.2, 0.25) is 0 Å². The quantitative estimate of drug-likeness (QED) is 0.588. The summed E-state index contributed by atoms with van der Waals surface area (Å²) in [7, 11) is -0.990. The lowest BCUT2D eigenvalue weighted by molar-refractivity contribution is 0.00578. The van der Waals surface area contributed by atoms with E-state index in [-0.39, 0.29) is 0 Å². The molecular weight excluding hydrogens is 342 g/mol. The fraction of sp³-hybridized carbons (Fsp3) is 0.381. The standard InChI is InChI=1S/C21H24BFN2O2/c1-6-14-25-15-17(19(24-25)16-10-8-7-9-11-16)12-13-18(23)22-26-20(2,3)21(4,5)27-22/h1,7-11,13,15H,12,14H2,2-5H3. The van der Waals surface area contributed by atoms with Gasteiger partial charge in [-0.3, -0.25) is 4.68 Å². The van der Waals surface area contributed by atoms with Gasteiger partial charge in [-0.1, -0.05) is 42.3 Å². The average Bonchev–Trinajstić information content (AvgIpc) is 3.11. The van der Waals surface area contributed by atoms with Gasteiger partial charge in [-0.2, -0.15) is 5.10 Å². The van der Waals surface area contributed by atoms with Gasteiger partial charge in [-0.25, -0.2) is 4.39 Å². The Bertz CT molecular complexity index is 865. The first kappa shape index (κ1) is 19.4. The number of hydrogen-bond acceptors (Lipinski definition) is 3. The van der Waals surface area contributed by atoms with Crippen molar-refractivity contribution >= 4 is 7.12 Å². The Hall–Kier alpha value is -2.36. The van der Waals surface area contributed by atoms with Crippen molar-refractivity contribution in [1.29, 1.82) is 0 Å². The molecule has 0 saturated carbocycles. The molecule has 2 heterocycles. The summed E-state index contributed by atoms with van der Waals surface area (Å²) in [5.74, 6) is 2.57. The van der Waals surface area contributed by atoms with Crippen LogP contribution in [0.5, 0.6) is 0 Å². The number of benzene rings is 1. The summed E-state index contributed by atoms with van der Waals surface area (Å²) in [5, 5.41) is 4.55. The van der Waals surface area contributed by atoms with Gasteiger partial charge in [0.15, 0.2) is 0 Å². The Morgan fingerprint density at radius 2 is 1.85 bits per heavy atom. The first-order chi connectivity index (χ1) is 12.7. The van der Waals surface area contributed by atoms with Gasteiger partial charge >= 0.3 is 7.12 Å². The van der Waals surface area contributed by atoms with Gasteiger partial charge in [0.2, 0.25) is 0 Å². The van der Waals surface area contributed by atoms with Crippen LogP contribution in [0.1, 0.15) is 33.3 Å². The normalized spacial score (nSPS) is 18.5. The molecule has 1 saturated heterocycles. The summed E-state index contributed by atoms with van der Waals surface area (Å²) in [6.45, 7) is 7.97. The van der Waals surface area contributed by atoms with Gasteiger partial charge in [0, 0.05) is 17.3 Å². The second-order valence-corrected chi connectivity index (χ2v) is 7.65. The van der Waals surface area contributed by atoms with Gasteiger partial charge in [-0.15, -0.1) is 6.42 Å². The van der Waals surface area contributed by atoms with E-state index in [0.717, 1.165) is 16.8 Å². The third-order valence-corrected chi connectivity index (χ3v) is 5.13. The SMILES string of the molecule is C#CCn1cc(CC=C(F)B2OC(C)(C)C(C)(C)O2)c(-c2ccccc2)n1. The number of aromatic nitrogens is 2. The number of halogens is 1. The number of rotatable bonds is 5. The second kappa shape index (κ2) is 7.34. The highest BCUT2D eigenvalue weighted by molar-refractivity contribution is 6.53. The van der Waals surface area contributed by atoms with Crippen molar-refractivity contribution in [2.24, 2.45) is 0 Å². The molecule has 1 aromatic heterocycles. The first-order valence-corrected chi connectivity index (χ1v) is 9.00. The topological polar surface area (TPSA) is 36.3 Å². The Labute approximate surface area is 160 Å². The van der Waals surface area contributed by atoms with E-state index in [2.05, 4.69) is 11.0 Å². The Kier molecular flexibility index (Phi) is 5.28. The fourth-order valence-corrected chi connectivity index (χ4v) is 2.88. The summed E-state index contributed by atoms with van der Waals surface area (Å²) in [6.07, 6.45) is 9.11. The zero-order valence-corrected chi connectivity index (χ0v) is 16.2. The molecule has 1 aliphatic heterocycles. The van der Waals surface area contributed by atoms with E-state index >= 15 is 0 Å². The molecular formula is C21H24BFN2O2. The molecule has 3 rings (SSSR count). The van der Waals surface area contributed by atoms with Crippen LogP contribution < -0.4 is 0 Å². The number of terminal acetylenes is 1. The molecule has 0 N–H and O–H groups in total. The zero-order chi connectivity index (χ0) is 19.7. The Morgan fingerprint density at radius 1 is 1.22 bits per heavy atom. The lowest BCUT2D eigenvalue weighted by Crippen LogP contribution is -2.41. The van der Waals surface area contributed by atoms with E-state index < -0.39 is 24.0 Å². The maximum absolute atomic E-state index is 14.7. The van der Waals surface area contributed by atoms with Gasteiger partial charge in [0.1, 0.15) is 12.3 Å². The summed E-state index contributed by atoms with van der Waals surface area (Å²) in [6, 6.07) is 9.78. The van der Waals surface area contributed by atoms with E-state index in [1.807, 2.05) is 64.2 Å². The highest BCUT2D eigenvalue weighted by atomic mass is 19.1. The zero-order valence-electron chi connectivity index (χ0n) is 16.2. The molecule has 4 nitrogen and oxygen atoms in total. The van der Waals surface area contributed by atoms with E-state index in [1.165, 1.54) is 6.08 Å². The van der Waals surface area contributed by atoms with E-state index in [0.29, 0.717) is 13.0 Å². The molecule has 0 bridgehead atoms. The van der Waals surface area contributed by atoms with Crippen molar-refractivity contribution in [3.63, 3.8) is 0 Å². The minimum absolute atomic E-state index is 0.364. The van der Waals surface area contributed by atoms with E-state index in [4.69, 9.17) is 15.7 Å². The van der Waals surface area contributed by atoms with Crippen LogP contribution in [0.15, 0.2) is 48.3 Å². The first-order valence-electron chi connectivity index (χ1n) is 9.00. The molecule has 6 heteroatoms. The Balaban J connectivity index is 1.83. The largest absolute Gasteiger partial charge is 0.524 e. The van der Waals surface area contributed by atoms with Crippen molar-refractivity contribution in [2.75, 3.05) is 0 Å². The third-order valence-electron chi connectivity index (χ3n) is 5.13. The van der Waals surface area contributed by atoms with Crippen molar-refractivity contribution in [2.45, 2.75) is 51.9 Å². The smallest absolute Gasteiger partial charge is 0.398 e. The van der Waals surface area contributed by atoms with E-state index in [9.17, 15) is 4.39 Å². The number of allylic oxidation sites excluding steroid dienone is 1. The molecule has 2 aromatic rings. The molecule has 0 spiro atoms. The molecule has 1 aliphatic rings.